The number of hydrogen-bond donors (Lipinski definition) is 3. The molecule has 27 heavy (non-hydrogen) atoms. The molecule has 0 aliphatic rings. The molecule has 0 unspecified atom stereocenters. The van der Waals surface area contributed by atoms with Gasteiger partial charge in [-0.25, -0.2) is 4.98 Å². The fourth-order valence-corrected chi connectivity index (χ4v) is 3.30. The number of carbonyl (C=O) groups is 1. The molecule has 134 valence electrons. The fourth-order valence-electron chi connectivity index (χ4n) is 2.63. The highest BCUT2D eigenvalue weighted by Crippen LogP contribution is 2.21. The number of rotatable bonds is 4. The topological polar surface area (TPSA) is 108 Å². The van der Waals surface area contributed by atoms with Gasteiger partial charge in [0.25, 0.3) is 11.5 Å². The van der Waals surface area contributed by atoms with Gasteiger partial charge in [0.2, 0.25) is 5.75 Å². The predicted molar refractivity (Wildman–Crippen MR) is 103 cm³/mol. The number of aromatic nitrogens is 3. The standard InChI is InChI=1S/C19H14N4O3S/c24-16-15(22-17(23-19(16)26)14-6-3-7-27-14)18(25)21-10-11-8-12-4-1-2-5-13(12)20-9-11/h1-9,24H,10H2,(H,21,25)(H,22,23,26). The van der Waals surface area contributed by atoms with Crippen LogP contribution in [0.25, 0.3) is 21.6 Å². The summed E-state index contributed by atoms with van der Waals surface area (Å²) in [6.07, 6.45) is 1.67. The molecule has 0 spiro atoms. The minimum absolute atomic E-state index is 0.193. The molecule has 0 bridgehead atoms. The molecule has 0 fully saturated rings. The Balaban J connectivity index is 1.58. The maximum Gasteiger partial charge on any atom is 0.294 e. The number of nitrogens with one attached hydrogen (secondary N) is 2. The van der Waals surface area contributed by atoms with Crippen LogP contribution in [-0.2, 0) is 6.54 Å². The van der Waals surface area contributed by atoms with Crippen LogP contribution in [-0.4, -0.2) is 26.0 Å². The molecule has 0 saturated carbocycles. The number of hydrogen-bond acceptors (Lipinski definition) is 6. The van der Waals surface area contributed by atoms with Crippen molar-refractivity contribution in [3.63, 3.8) is 0 Å². The van der Waals surface area contributed by atoms with Gasteiger partial charge in [0.05, 0.1) is 10.4 Å². The first-order chi connectivity index (χ1) is 13.1. The number of aromatic hydroxyl groups is 1. The predicted octanol–water partition coefficient (Wildman–Crippen LogP) is 2.68. The Bertz CT molecular complexity index is 1190. The summed E-state index contributed by atoms with van der Waals surface area (Å²) in [6.45, 7) is 0.193. The Morgan fingerprint density at radius 3 is 2.89 bits per heavy atom. The zero-order valence-electron chi connectivity index (χ0n) is 14.0. The maximum atomic E-state index is 12.5. The molecule has 7 nitrogen and oxygen atoms in total. The van der Waals surface area contributed by atoms with E-state index in [4.69, 9.17) is 0 Å². The summed E-state index contributed by atoms with van der Waals surface area (Å²) in [5.74, 6) is -1.10. The van der Waals surface area contributed by atoms with Gasteiger partial charge in [-0.1, -0.05) is 24.3 Å². The average Bonchev–Trinajstić information content (AvgIpc) is 3.23. The molecule has 0 aliphatic carbocycles. The van der Waals surface area contributed by atoms with E-state index in [1.807, 2.05) is 35.7 Å². The molecular formula is C19H14N4O3S. The van der Waals surface area contributed by atoms with E-state index >= 15 is 0 Å². The zero-order valence-corrected chi connectivity index (χ0v) is 14.8. The van der Waals surface area contributed by atoms with E-state index < -0.39 is 17.2 Å². The average molecular weight is 378 g/mol. The largest absolute Gasteiger partial charge is 0.501 e. The number of thiophene rings is 1. The van der Waals surface area contributed by atoms with Gasteiger partial charge in [0.1, 0.15) is 0 Å². The lowest BCUT2D eigenvalue weighted by Gasteiger charge is -2.08. The van der Waals surface area contributed by atoms with Crippen molar-refractivity contribution in [2.75, 3.05) is 0 Å². The summed E-state index contributed by atoms with van der Waals surface area (Å²) < 4.78 is 0. The van der Waals surface area contributed by atoms with Crippen LogP contribution in [0.2, 0.25) is 0 Å². The van der Waals surface area contributed by atoms with Crippen LogP contribution >= 0.6 is 11.3 Å². The van der Waals surface area contributed by atoms with E-state index in [9.17, 15) is 14.7 Å². The van der Waals surface area contributed by atoms with Gasteiger partial charge in [-0.3, -0.25) is 14.6 Å². The smallest absolute Gasteiger partial charge is 0.294 e. The first kappa shape index (κ1) is 16.9. The Hall–Kier alpha value is -3.52. The zero-order chi connectivity index (χ0) is 18.8. The summed E-state index contributed by atoms with van der Waals surface area (Å²) in [4.78, 5) is 36.0. The highest BCUT2D eigenvalue weighted by Gasteiger charge is 2.18. The molecule has 3 aromatic heterocycles. The van der Waals surface area contributed by atoms with Crippen LogP contribution in [0.4, 0.5) is 0 Å². The number of pyridine rings is 1. The monoisotopic (exact) mass is 378 g/mol. The van der Waals surface area contributed by atoms with Crippen LogP contribution in [0.5, 0.6) is 5.75 Å². The Labute approximate surface area is 157 Å². The van der Waals surface area contributed by atoms with Crippen LogP contribution < -0.4 is 10.9 Å². The number of carbonyl (C=O) groups excluding carboxylic acids is 1. The maximum absolute atomic E-state index is 12.5. The van der Waals surface area contributed by atoms with E-state index in [0.717, 1.165) is 16.5 Å². The van der Waals surface area contributed by atoms with Crippen LogP contribution in [0.1, 0.15) is 16.1 Å². The molecule has 0 saturated heterocycles. The van der Waals surface area contributed by atoms with E-state index in [-0.39, 0.29) is 18.1 Å². The van der Waals surface area contributed by atoms with Crippen molar-refractivity contribution in [2.45, 2.75) is 6.54 Å². The van der Waals surface area contributed by atoms with Crippen LogP contribution in [0.3, 0.4) is 0 Å². The van der Waals surface area contributed by atoms with Gasteiger partial charge in [0.15, 0.2) is 11.5 Å². The number of fused-ring (bicyclic) bond motifs is 1. The van der Waals surface area contributed by atoms with Crippen molar-refractivity contribution >= 4 is 28.1 Å². The second-order valence-electron chi connectivity index (χ2n) is 5.81. The molecule has 1 aromatic carbocycles. The van der Waals surface area contributed by atoms with Gasteiger partial charge in [-0.15, -0.1) is 11.3 Å². The van der Waals surface area contributed by atoms with Crippen molar-refractivity contribution in [1.82, 2.24) is 20.3 Å². The molecular weight excluding hydrogens is 364 g/mol. The van der Waals surface area contributed by atoms with Crippen molar-refractivity contribution in [3.05, 3.63) is 75.7 Å². The number of amides is 1. The van der Waals surface area contributed by atoms with Crippen molar-refractivity contribution in [2.24, 2.45) is 0 Å². The number of nitrogens with zero attached hydrogens (tertiary/aromatic N) is 2. The third-order valence-corrected chi connectivity index (χ3v) is 4.84. The van der Waals surface area contributed by atoms with Gasteiger partial charge in [0, 0.05) is 18.1 Å². The molecule has 4 rings (SSSR count). The number of benzene rings is 1. The van der Waals surface area contributed by atoms with E-state index in [1.165, 1.54) is 11.3 Å². The Morgan fingerprint density at radius 1 is 1.22 bits per heavy atom. The number of H-pyrrole nitrogens is 1. The van der Waals surface area contributed by atoms with E-state index in [1.54, 1.807) is 18.3 Å². The first-order valence-electron chi connectivity index (χ1n) is 8.11. The second-order valence-corrected chi connectivity index (χ2v) is 6.76. The Kier molecular flexibility index (Phi) is 4.39. The molecule has 1 amide bonds. The molecule has 3 heterocycles. The molecule has 3 N–H and O–H groups in total. The normalized spacial score (nSPS) is 10.8. The molecule has 0 radical (unpaired) electrons. The lowest BCUT2D eigenvalue weighted by atomic mass is 10.1. The summed E-state index contributed by atoms with van der Waals surface area (Å²) in [7, 11) is 0. The first-order valence-corrected chi connectivity index (χ1v) is 8.99. The lowest BCUT2D eigenvalue weighted by Crippen LogP contribution is -2.26. The van der Waals surface area contributed by atoms with Gasteiger partial charge in [-0.2, -0.15) is 0 Å². The SMILES string of the molecule is O=C(NCc1cnc2ccccc2c1)c1nc(-c2cccs2)[nH]c(=O)c1O. The molecule has 4 aromatic rings. The Morgan fingerprint density at radius 2 is 2.07 bits per heavy atom. The molecule has 0 aliphatic heterocycles. The molecule has 0 atom stereocenters. The van der Waals surface area contributed by atoms with Crippen LogP contribution in [0, 0.1) is 0 Å². The minimum atomic E-state index is -0.758. The van der Waals surface area contributed by atoms with Gasteiger partial charge >= 0.3 is 0 Å². The molecule has 8 heteroatoms. The highest BCUT2D eigenvalue weighted by atomic mass is 32.1. The fraction of sp³-hybridized carbons (Fsp3) is 0.0526. The van der Waals surface area contributed by atoms with Gasteiger partial charge in [-0.05, 0) is 29.1 Å². The highest BCUT2D eigenvalue weighted by molar-refractivity contribution is 7.13. The van der Waals surface area contributed by atoms with Crippen LogP contribution in [0.15, 0.2) is 58.8 Å². The number of aromatic amines is 1. The van der Waals surface area contributed by atoms with E-state index in [2.05, 4.69) is 20.3 Å². The van der Waals surface area contributed by atoms with Crippen molar-refractivity contribution in [3.8, 4) is 16.5 Å². The van der Waals surface area contributed by atoms with Gasteiger partial charge < -0.3 is 15.4 Å². The summed E-state index contributed by atoms with van der Waals surface area (Å²) in [5.41, 5.74) is 0.591. The third kappa shape index (κ3) is 3.42. The van der Waals surface area contributed by atoms with E-state index in [0.29, 0.717) is 4.88 Å². The second kappa shape index (κ2) is 7.00. The minimum Gasteiger partial charge on any atom is -0.501 e. The number of para-hydroxylation sites is 1. The third-order valence-electron chi connectivity index (χ3n) is 3.96. The lowest BCUT2D eigenvalue weighted by molar-refractivity contribution is 0.0942. The quantitative estimate of drug-likeness (QED) is 0.506. The summed E-state index contributed by atoms with van der Waals surface area (Å²) in [5, 5.41) is 15.4. The van der Waals surface area contributed by atoms with Crippen molar-refractivity contribution < 1.29 is 9.90 Å². The summed E-state index contributed by atoms with van der Waals surface area (Å²) in [6, 6.07) is 13.2. The summed E-state index contributed by atoms with van der Waals surface area (Å²) >= 11 is 1.37. The van der Waals surface area contributed by atoms with Crippen molar-refractivity contribution in [1.29, 1.82) is 0 Å².